The van der Waals surface area contributed by atoms with Crippen molar-refractivity contribution < 1.29 is 5.11 Å². The molecule has 0 amide bonds. The lowest BCUT2D eigenvalue weighted by Crippen LogP contribution is -1.85. The Kier molecular flexibility index (Phi) is 1.99. The minimum atomic E-state index is 0.133. The highest BCUT2D eigenvalue weighted by Gasteiger charge is 1.97. The Hall–Kier alpha value is -1.24. The highest BCUT2D eigenvalue weighted by molar-refractivity contribution is 5.57. The van der Waals surface area contributed by atoms with Crippen molar-refractivity contribution in [2.75, 3.05) is 0 Å². The van der Waals surface area contributed by atoms with E-state index in [0.29, 0.717) is 0 Å². The minimum Gasteiger partial charge on any atom is -0.508 e. The number of aryl methyl sites for hydroxylation is 2. The van der Waals surface area contributed by atoms with Crippen LogP contribution in [0.3, 0.4) is 0 Å². The lowest BCUT2D eigenvalue weighted by atomic mass is 10.1. The van der Waals surface area contributed by atoms with E-state index in [-0.39, 0.29) is 5.76 Å². The topological polar surface area (TPSA) is 20.2 Å². The maximum absolute atomic E-state index is 9.04. The third-order valence-electron chi connectivity index (χ3n) is 1.84. The molecular weight excluding hydrogens is 136 g/mol. The smallest absolute Gasteiger partial charge is 0.115 e. The van der Waals surface area contributed by atoms with Gasteiger partial charge in [-0.05, 0) is 31.0 Å². The average Bonchev–Trinajstić information content (AvgIpc) is 1.94. The molecule has 11 heavy (non-hydrogen) atoms. The zero-order chi connectivity index (χ0) is 8.43. The molecule has 58 valence electrons. The third kappa shape index (κ3) is 1.61. The van der Waals surface area contributed by atoms with Crippen LogP contribution in [0.2, 0.25) is 0 Å². The van der Waals surface area contributed by atoms with E-state index in [1.165, 1.54) is 11.1 Å². The summed E-state index contributed by atoms with van der Waals surface area (Å²) in [6.45, 7) is 7.51. The van der Waals surface area contributed by atoms with Crippen LogP contribution < -0.4 is 0 Å². The van der Waals surface area contributed by atoms with Crippen LogP contribution in [0, 0.1) is 13.8 Å². The Morgan fingerprint density at radius 3 is 2.36 bits per heavy atom. The molecular formula is C10H12O. The molecule has 1 aromatic rings. The molecule has 0 aliphatic heterocycles. The van der Waals surface area contributed by atoms with Gasteiger partial charge in [-0.2, -0.15) is 0 Å². The molecule has 1 rings (SSSR count). The van der Waals surface area contributed by atoms with Crippen molar-refractivity contribution in [1.29, 1.82) is 0 Å². The predicted octanol–water partition coefficient (Wildman–Crippen LogP) is 2.83. The normalized spacial score (nSPS) is 9.64. The number of aliphatic hydroxyl groups is 1. The van der Waals surface area contributed by atoms with Crippen LogP contribution in [0.1, 0.15) is 16.7 Å². The van der Waals surface area contributed by atoms with Gasteiger partial charge in [0.1, 0.15) is 5.76 Å². The monoisotopic (exact) mass is 148 g/mol. The van der Waals surface area contributed by atoms with E-state index in [9.17, 15) is 0 Å². The molecule has 0 aliphatic rings. The van der Waals surface area contributed by atoms with Crippen LogP contribution in [0.15, 0.2) is 24.8 Å². The van der Waals surface area contributed by atoms with Crippen molar-refractivity contribution in [2.45, 2.75) is 13.8 Å². The van der Waals surface area contributed by atoms with Crippen molar-refractivity contribution >= 4 is 5.76 Å². The van der Waals surface area contributed by atoms with E-state index in [2.05, 4.69) is 6.58 Å². The lowest BCUT2D eigenvalue weighted by molar-refractivity contribution is 0.514. The van der Waals surface area contributed by atoms with E-state index < -0.39 is 0 Å². The Labute approximate surface area is 67.0 Å². The molecule has 1 aromatic carbocycles. The molecule has 1 N–H and O–H groups in total. The molecule has 1 heteroatoms. The van der Waals surface area contributed by atoms with Gasteiger partial charge in [0.2, 0.25) is 0 Å². The molecule has 0 heterocycles. The number of hydrogen-bond acceptors (Lipinski definition) is 1. The maximum atomic E-state index is 9.04. The molecule has 0 fully saturated rings. The van der Waals surface area contributed by atoms with Crippen LogP contribution >= 0.6 is 0 Å². The Balaban J connectivity index is 3.15. The van der Waals surface area contributed by atoms with E-state index in [0.717, 1.165) is 5.56 Å². The molecule has 0 radical (unpaired) electrons. The SMILES string of the molecule is C=C(O)c1ccc(C)c(C)c1. The fourth-order valence-corrected chi connectivity index (χ4v) is 0.921. The van der Waals surface area contributed by atoms with E-state index in [4.69, 9.17) is 5.11 Å². The molecule has 0 aromatic heterocycles. The van der Waals surface area contributed by atoms with Crippen molar-refractivity contribution in [1.82, 2.24) is 0 Å². The maximum Gasteiger partial charge on any atom is 0.115 e. The first kappa shape index (κ1) is 7.86. The van der Waals surface area contributed by atoms with Gasteiger partial charge in [0, 0.05) is 5.56 Å². The van der Waals surface area contributed by atoms with Gasteiger partial charge in [0.05, 0.1) is 0 Å². The zero-order valence-corrected chi connectivity index (χ0v) is 6.89. The summed E-state index contributed by atoms with van der Waals surface area (Å²) in [6, 6.07) is 5.77. The van der Waals surface area contributed by atoms with E-state index in [1.54, 1.807) is 0 Å². The summed E-state index contributed by atoms with van der Waals surface area (Å²) in [6.07, 6.45) is 0. The Bertz CT molecular complexity index is 287. The highest BCUT2D eigenvalue weighted by Crippen LogP contribution is 2.14. The summed E-state index contributed by atoms with van der Waals surface area (Å²) in [7, 11) is 0. The summed E-state index contributed by atoms with van der Waals surface area (Å²) < 4.78 is 0. The minimum absolute atomic E-state index is 0.133. The molecule has 0 saturated heterocycles. The standard InChI is InChI=1S/C10H12O/c1-7-4-5-10(9(3)11)6-8(7)2/h4-6,11H,3H2,1-2H3. The van der Waals surface area contributed by atoms with Crippen LogP contribution in [0.4, 0.5) is 0 Å². The summed E-state index contributed by atoms with van der Waals surface area (Å²) in [5, 5.41) is 9.04. The van der Waals surface area contributed by atoms with Crippen LogP contribution in [0.5, 0.6) is 0 Å². The van der Waals surface area contributed by atoms with E-state index in [1.807, 2.05) is 32.0 Å². The van der Waals surface area contributed by atoms with Gasteiger partial charge in [-0.25, -0.2) is 0 Å². The van der Waals surface area contributed by atoms with Gasteiger partial charge < -0.3 is 5.11 Å². The van der Waals surface area contributed by atoms with Crippen LogP contribution in [0.25, 0.3) is 5.76 Å². The van der Waals surface area contributed by atoms with Gasteiger partial charge in [-0.3, -0.25) is 0 Å². The molecule has 0 bridgehead atoms. The fraction of sp³-hybridized carbons (Fsp3) is 0.200. The number of benzene rings is 1. The highest BCUT2D eigenvalue weighted by atomic mass is 16.3. The third-order valence-corrected chi connectivity index (χ3v) is 1.84. The van der Waals surface area contributed by atoms with Crippen molar-refractivity contribution in [3.63, 3.8) is 0 Å². The number of aliphatic hydroxyl groups excluding tert-OH is 1. The summed E-state index contributed by atoms with van der Waals surface area (Å²) in [5.74, 6) is 0.133. The molecule has 1 nitrogen and oxygen atoms in total. The van der Waals surface area contributed by atoms with Gasteiger partial charge in [0.15, 0.2) is 0 Å². The van der Waals surface area contributed by atoms with Gasteiger partial charge >= 0.3 is 0 Å². The Morgan fingerprint density at radius 1 is 1.27 bits per heavy atom. The first-order valence-corrected chi connectivity index (χ1v) is 3.57. The van der Waals surface area contributed by atoms with Crippen LogP contribution in [-0.4, -0.2) is 5.11 Å². The predicted molar refractivity (Wildman–Crippen MR) is 47.6 cm³/mol. The molecule has 0 spiro atoms. The number of rotatable bonds is 1. The van der Waals surface area contributed by atoms with Gasteiger partial charge in [0.25, 0.3) is 0 Å². The zero-order valence-electron chi connectivity index (χ0n) is 6.89. The van der Waals surface area contributed by atoms with Crippen molar-refractivity contribution in [3.8, 4) is 0 Å². The molecule has 0 saturated carbocycles. The molecule has 0 unspecified atom stereocenters. The summed E-state index contributed by atoms with van der Waals surface area (Å²) in [5.41, 5.74) is 3.21. The quantitative estimate of drug-likeness (QED) is 0.607. The lowest BCUT2D eigenvalue weighted by Gasteiger charge is -2.02. The molecule has 0 aliphatic carbocycles. The second-order valence-corrected chi connectivity index (χ2v) is 2.75. The summed E-state index contributed by atoms with van der Waals surface area (Å²) in [4.78, 5) is 0. The molecule has 0 atom stereocenters. The van der Waals surface area contributed by atoms with Crippen molar-refractivity contribution in [2.24, 2.45) is 0 Å². The van der Waals surface area contributed by atoms with E-state index >= 15 is 0 Å². The average molecular weight is 148 g/mol. The largest absolute Gasteiger partial charge is 0.508 e. The Morgan fingerprint density at radius 2 is 1.91 bits per heavy atom. The van der Waals surface area contributed by atoms with Crippen LogP contribution in [-0.2, 0) is 0 Å². The van der Waals surface area contributed by atoms with Gasteiger partial charge in [-0.15, -0.1) is 0 Å². The second-order valence-electron chi connectivity index (χ2n) is 2.75. The first-order valence-electron chi connectivity index (χ1n) is 3.57. The van der Waals surface area contributed by atoms with Crippen molar-refractivity contribution in [3.05, 3.63) is 41.5 Å². The number of hydrogen-bond donors (Lipinski definition) is 1. The first-order chi connectivity index (χ1) is 5.11. The fourth-order valence-electron chi connectivity index (χ4n) is 0.921. The summed E-state index contributed by atoms with van der Waals surface area (Å²) >= 11 is 0. The second kappa shape index (κ2) is 2.79. The van der Waals surface area contributed by atoms with Gasteiger partial charge in [-0.1, -0.05) is 18.7 Å².